The molecule has 3 N–H and O–H groups in total. The number of aliphatic imine (C=N–C) groups is 1. The largest absolute Gasteiger partial charge is 0.481 e. The normalized spacial score (nSPS) is 33.1. The van der Waals surface area contributed by atoms with E-state index in [1.54, 1.807) is 16.4 Å². The summed E-state index contributed by atoms with van der Waals surface area (Å²) in [6, 6.07) is 0. The second-order valence-electron chi connectivity index (χ2n) is 16.1. The molecular formula is C38H64N2O4S2. The van der Waals surface area contributed by atoms with Gasteiger partial charge in [0.05, 0.1) is 5.84 Å². The second-order valence-corrected chi connectivity index (χ2v) is 18.6. The number of ether oxygens (including phenoxy) is 1. The predicted molar refractivity (Wildman–Crippen MR) is 195 cm³/mol. The number of unbranched alkanes of at least 4 members (excludes halogenated alkanes) is 1. The van der Waals surface area contributed by atoms with Gasteiger partial charge < -0.3 is 15.6 Å². The number of carbonyl (C=O) groups excluding carboxylic acids is 1. The Labute approximate surface area is 288 Å². The Hall–Kier alpha value is -1.15. The van der Waals surface area contributed by atoms with Gasteiger partial charge in [0, 0.05) is 31.6 Å². The topological polar surface area (TPSA) is 102 Å². The number of fused-ring (bicyclic) bond motifs is 5. The molecule has 8 heteroatoms. The Bertz CT molecular complexity index is 1080. The summed E-state index contributed by atoms with van der Waals surface area (Å²) in [5.41, 5.74) is 8.43. The van der Waals surface area contributed by atoms with Crippen LogP contribution in [0.4, 0.5) is 0 Å². The van der Waals surface area contributed by atoms with Crippen molar-refractivity contribution in [2.75, 3.05) is 18.1 Å². The Morgan fingerprint density at radius 2 is 1.80 bits per heavy atom. The molecule has 262 valence electrons. The smallest absolute Gasteiger partial charge is 0.314 e. The Kier molecular flexibility index (Phi) is 14.3. The Balaban J connectivity index is 1.19. The summed E-state index contributed by atoms with van der Waals surface area (Å²) in [6.45, 7) is 13.1. The van der Waals surface area contributed by atoms with Crippen molar-refractivity contribution >= 4 is 39.4 Å². The Morgan fingerprint density at radius 3 is 2.57 bits per heavy atom. The van der Waals surface area contributed by atoms with Crippen molar-refractivity contribution in [3.05, 3.63) is 11.6 Å². The van der Waals surface area contributed by atoms with Crippen LogP contribution < -0.4 is 5.73 Å². The number of nitrogens with two attached hydrogens (primary N) is 1. The SMILES string of the molecule is CC(C)CCC[C@@H](C)[C@H]1CC[C@H]2[C@@H]3CC=C4C[C@@H](OC(=O)CCCN=C(N)CCCCSSCC(=O)O)CC[C@]4(C)[C@H]3CC[C@]12C. The van der Waals surface area contributed by atoms with Gasteiger partial charge in [0.15, 0.2) is 0 Å². The fourth-order valence-electron chi connectivity index (χ4n) is 10.1. The lowest BCUT2D eigenvalue weighted by Crippen LogP contribution is -2.51. The number of hydrogen-bond donors (Lipinski definition) is 2. The van der Waals surface area contributed by atoms with E-state index in [0.29, 0.717) is 30.6 Å². The first kappa shape index (κ1) is 37.7. The maximum atomic E-state index is 12.7. The first-order chi connectivity index (χ1) is 21.9. The molecular weight excluding hydrogens is 613 g/mol. The molecule has 0 aromatic carbocycles. The number of carboxylic acids is 1. The molecule has 4 aliphatic rings. The van der Waals surface area contributed by atoms with Crippen LogP contribution in [0.25, 0.3) is 0 Å². The van der Waals surface area contributed by atoms with E-state index in [9.17, 15) is 9.59 Å². The lowest BCUT2D eigenvalue weighted by atomic mass is 9.47. The predicted octanol–water partition coefficient (Wildman–Crippen LogP) is 9.71. The van der Waals surface area contributed by atoms with E-state index in [1.807, 2.05) is 0 Å². The molecule has 3 saturated carbocycles. The molecule has 0 spiro atoms. The summed E-state index contributed by atoms with van der Waals surface area (Å²) < 4.78 is 6.03. The van der Waals surface area contributed by atoms with E-state index in [2.05, 4.69) is 45.7 Å². The van der Waals surface area contributed by atoms with E-state index in [-0.39, 0.29) is 23.2 Å². The molecule has 0 aliphatic heterocycles. The van der Waals surface area contributed by atoms with Crippen LogP contribution in [0.1, 0.15) is 137 Å². The first-order valence-electron chi connectivity index (χ1n) is 18.6. The number of carbonyl (C=O) groups is 2. The number of carboxylic acid groups (broad SMARTS) is 1. The number of rotatable bonds is 18. The average Bonchev–Trinajstić information content (AvgIpc) is 3.36. The van der Waals surface area contributed by atoms with E-state index in [1.165, 1.54) is 62.2 Å². The van der Waals surface area contributed by atoms with Crippen molar-refractivity contribution in [2.24, 2.45) is 57.1 Å². The highest BCUT2D eigenvalue weighted by atomic mass is 33.1. The van der Waals surface area contributed by atoms with Crippen LogP contribution in [0.3, 0.4) is 0 Å². The molecule has 0 unspecified atom stereocenters. The van der Waals surface area contributed by atoms with Gasteiger partial charge in [-0.15, -0.1) is 0 Å². The molecule has 0 radical (unpaired) electrons. The van der Waals surface area contributed by atoms with Gasteiger partial charge in [-0.25, -0.2) is 0 Å². The van der Waals surface area contributed by atoms with E-state index >= 15 is 0 Å². The van der Waals surface area contributed by atoms with Crippen LogP contribution in [-0.2, 0) is 14.3 Å². The van der Waals surface area contributed by atoms with Crippen LogP contribution in [0.5, 0.6) is 0 Å². The van der Waals surface area contributed by atoms with Gasteiger partial charge in [-0.3, -0.25) is 14.6 Å². The number of hydrogen-bond acceptors (Lipinski definition) is 6. The van der Waals surface area contributed by atoms with Crippen molar-refractivity contribution in [1.29, 1.82) is 0 Å². The highest BCUT2D eigenvalue weighted by molar-refractivity contribution is 8.76. The number of allylic oxidation sites excluding steroid dienone is 1. The van der Waals surface area contributed by atoms with Gasteiger partial charge in [-0.2, -0.15) is 0 Å². The third-order valence-corrected chi connectivity index (χ3v) is 14.9. The molecule has 3 fully saturated rings. The summed E-state index contributed by atoms with van der Waals surface area (Å²) >= 11 is 0. The maximum absolute atomic E-state index is 12.7. The maximum Gasteiger partial charge on any atom is 0.314 e. The van der Waals surface area contributed by atoms with Crippen molar-refractivity contribution in [3.8, 4) is 0 Å². The van der Waals surface area contributed by atoms with Crippen molar-refractivity contribution in [2.45, 2.75) is 143 Å². The number of esters is 1. The zero-order valence-corrected chi connectivity index (χ0v) is 31.2. The molecule has 0 heterocycles. The van der Waals surface area contributed by atoms with Crippen LogP contribution in [0.2, 0.25) is 0 Å². The van der Waals surface area contributed by atoms with Crippen LogP contribution in [0, 0.1) is 46.3 Å². The van der Waals surface area contributed by atoms with Gasteiger partial charge in [0.25, 0.3) is 0 Å². The minimum absolute atomic E-state index is 0.0138. The van der Waals surface area contributed by atoms with Gasteiger partial charge in [-0.1, -0.05) is 87.1 Å². The van der Waals surface area contributed by atoms with Crippen LogP contribution in [-0.4, -0.2) is 47.0 Å². The molecule has 6 nitrogen and oxygen atoms in total. The fourth-order valence-corrected chi connectivity index (χ4v) is 12.0. The lowest BCUT2D eigenvalue weighted by molar-refractivity contribution is -0.151. The minimum atomic E-state index is -0.777. The molecule has 0 aromatic heterocycles. The van der Waals surface area contributed by atoms with Crippen molar-refractivity contribution in [1.82, 2.24) is 0 Å². The lowest BCUT2D eigenvalue weighted by Gasteiger charge is -2.58. The Morgan fingerprint density at radius 1 is 1.00 bits per heavy atom. The molecule has 8 atom stereocenters. The molecule has 0 aromatic rings. The first-order valence-corrected chi connectivity index (χ1v) is 21.1. The zero-order chi connectivity index (χ0) is 33.3. The molecule has 0 saturated heterocycles. The van der Waals surface area contributed by atoms with E-state index < -0.39 is 5.97 Å². The highest BCUT2D eigenvalue weighted by Gasteiger charge is 2.59. The van der Waals surface area contributed by atoms with E-state index in [0.717, 1.165) is 79.8 Å². The summed E-state index contributed by atoms with van der Waals surface area (Å²) in [6.07, 6.45) is 20.4. The van der Waals surface area contributed by atoms with Crippen molar-refractivity contribution in [3.63, 3.8) is 0 Å². The molecule has 4 rings (SSSR count). The molecule has 46 heavy (non-hydrogen) atoms. The number of aliphatic carboxylic acids is 1. The molecule has 0 bridgehead atoms. The number of nitrogens with zero attached hydrogens (tertiary/aromatic N) is 1. The molecule has 0 amide bonds. The van der Waals surface area contributed by atoms with E-state index in [4.69, 9.17) is 15.6 Å². The van der Waals surface area contributed by atoms with Crippen molar-refractivity contribution < 1.29 is 19.4 Å². The third kappa shape index (κ3) is 9.72. The zero-order valence-electron chi connectivity index (χ0n) is 29.6. The van der Waals surface area contributed by atoms with Gasteiger partial charge in [0.2, 0.25) is 0 Å². The summed E-state index contributed by atoms with van der Waals surface area (Å²) in [5, 5.41) is 8.67. The van der Waals surface area contributed by atoms with Crippen LogP contribution in [0.15, 0.2) is 16.6 Å². The van der Waals surface area contributed by atoms with Gasteiger partial charge >= 0.3 is 11.9 Å². The van der Waals surface area contributed by atoms with Gasteiger partial charge in [0.1, 0.15) is 11.9 Å². The van der Waals surface area contributed by atoms with Crippen LogP contribution >= 0.6 is 21.6 Å². The summed E-state index contributed by atoms with van der Waals surface area (Å²) in [4.78, 5) is 27.7. The van der Waals surface area contributed by atoms with Gasteiger partial charge in [-0.05, 0) is 111 Å². The highest BCUT2D eigenvalue weighted by Crippen LogP contribution is 2.67. The molecule has 4 aliphatic carbocycles. The fraction of sp³-hybridized carbons (Fsp3) is 0.868. The standard InChI is InChI=1S/C38H64N2O4S2/c1-26(2)10-8-11-27(3)31-16-17-32-30-15-14-28-24-29(18-20-37(28,4)33(30)19-21-38(31,32)5)44-36(43)13-9-22-40-34(39)12-6-7-23-45-46-25-35(41)42/h14,26-27,29-33H,6-13,15-25H2,1-5H3,(H2,39,40)(H,41,42)/t27-,29+,30+,31-,32+,33+,37+,38-/m1/s1. The second kappa shape index (κ2) is 17.5. The average molecular weight is 677 g/mol. The quantitative estimate of drug-likeness (QED) is 0.0372. The third-order valence-electron chi connectivity index (χ3n) is 12.6. The number of amidine groups is 1. The monoisotopic (exact) mass is 676 g/mol. The summed E-state index contributed by atoms with van der Waals surface area (Å²) in [7, 11) is 2.97. The minimum Gasteiger partial charge on any atom is -0.481 e. The summed E-state index contributed by atoms with van der Waals surface area (Å²) in [5.74, 6) is 5.86.